The van der Waals surface area contributed by atoms with Crippen LogP contribution in [0.1, 0.15) is 11.1 Å². The number of nitrogens with zero attached hydrogens (tertiary/aromatic N) is 3. The van der Waals surface area contributed by atoms with E-state index in [1.165, 1.54) is 70.0 Å². The van der Waals surface area contributed by atoms with E-state index >= 15 is 0 Å². The van der Waals surface area contributed by atoms with Gasteiger partial charge in [0.25, 0.3) is 15.9 Å². The number of hydrogen-bond donors (Lipinski definition) is 1. The van der Waals surface area contributed by atoms with Gasteiger partial charge in [0.15, 0.2) is 5.75 Å². The van der Waals surface area contributed by atoms with Crippen LogP contribution in [-0.4, -0.2) is 53.3 Å². The highest BCUT2D eigenvalue weighted by molar-refractivity contribution is 7.92. The molecule has 12 nitrogen and oxygen atoms in total. The zero-order valence-corrected chi connectivity index (χ0v) is 21.9. The molecule has 0 aliphatic rings. The smallest absolute Gasteiger partial charge is 0.311 e. The lowest BCUT2D eigenvalue weighted by molar-refractivity contribution is -0.385. The SMILES string of the molecule is COc1ccc(N(CC(=O)N/N=C/c2ccc(OC)c([N+](=O)[O-])c2)S(=O)(=O)c2ccc(C)cc2)c(OC)c1. The van der Waals surface area contributed by atoms with E-state index in [2.05, 4.69) is 10.5 Å². The van der Waals surface area contributed by atoms with Crippen LogP contribution in [0.3, 0.4) is 0 Å². The summed E-state index contributed by atoms with van der Waals surface area (Å²) in [6.45, 7) is 1.18. The Morgan fingerprint density at radius 2 is 1.68 bits per heavy atom. The Labute approximate surface area is 219 Å². The normalized spacial score (nSPS) is 11.2. The summed E-state index contributed by atoms with van der Waals surface area (Å²) in [4.78, 5) is 23.4. The second-order valence-electron chi connectivity index (χ2n) is 7.84. The largest absolute Gasteiger partial charge is 0.497 e. The van der Waals surface area contributed by atoms with Gasteiger partial charge in [-0.1, -0.05) is 17.7 Å². The zero-order valence-electron chi connectivity index (χ0n) is 21.1. The molecular weight excluding hydrogens is 516 g/mol. The number of anilines is 1. The van der Waals surface area contributed by atoms with Crippen LogP contribution >= 0.6 is 0 Å². The number of methoxy groups -OCH3 is 3. The van der Waals surface area contributed by atoms with E-state index in [0.29, 0.717) is 11.3 Å². The molecular formula is C25H26N4O8S. The predicted molar refractivity (Wildman–Crippen MR) is 141 cm³/mol. The molecule has 0 spiro atoms. The number of carbonyl (C=O) groups is 1. The van der Waals surface area contributed by atoms with E-state index in [1.54, 1.807) is 18.2 Å². The lowest BCUT2D eigenvalue weighted by Gasteiger charge is -2.25. The number of hydrazone groups is 1. The van der Waals surface area contributed by atoms with Gasteiger partial charge in [0, 0.05) is 17.7 Å². The highest BCUT2D eigenvalue weighted by Crippen LogP contribution is 2.35. The maximum atomic E-state index is 13.6. The van der Waals surface area contributed by atoms with Gasteiger partial charge in [-0.2, -0.15) is 5.10 Å². The molecule has 0 heterocycles. The minimum Gasteiger partial charge on any atom is -0.497 e. The first-order chi connectivity index (χ1) is 18.1. The van der Waals surface area contributed by atoms with Crippen molar-refractivity contribution in [1.82, 2.24) is 5.43 Å². The van der Waals surface area contributed by atoms with Gasteiger partial charge in [-0.05, 0) is 43.3 Å². The molecule has 3 aromatic rings. The van der Waals surface area contributed by atoms with Crippen molar-refractivity contribution in [1.29, 1.82) is 0 Å². The van der Waals surface area contributed by atoms with Gasteiger partial charge < -0.3 is 14.2 Å². The van der Waals surface area contributed by atoms with Crippen molar-refractivity contribution in [2.75, 3.05) is 32.2 Å². The molecule has 0 saturated heterocycles. The molecule has 1 N–H and O–H groups in total. The Kier molecular flexibility index (Phi) is 8.86. The van der Waals surface area contributed by atoms with Crippen molar-refractivity contribution in [2.45, 2.75) is 11.8 Å². The van der Waals surface area contributed by atoms with E-state index in [4.69, 9.17) is 14.2 Å². The molecule has 0 atom stereocenters. The first-order valence-electron chi connectivity index (χ1n) is 11.1. The second-order valence-corrected chi connectivity index (χ2v) is 9.71. The standard InChI is InChI=1S/C25H26N4O8S/c1-17-5-9-20(10-6-17)38(33,34)28(21-11-8-19(35-2)14-24(21)37-4)16-25(30)27-26-15-18-7-12-23(36-3)22(13-18)29(31)32/h5-15H,16H2,1-4H3,(H,27,30)/b26-15+. The Balaban J connectivity index is 1.91. The molecule has 3 aromatic carbocycles. The van der Waals surface area contributed by atoms with Gasteiger partial charge in [0.2, 0.25) is 0 Å². The topological polar surface area (TPSA) is 150 Å². The summed E-state index contributed by atoms with van der Waals surface area (Å²) < 4.78 is 43.6. The van der Waals surface area contributed by atoms with Crippen LogP contribution in [0.25, 0.3) is 0 Å². The lowest BCUT2D eigenvalue weighted by Crippen LogP contribution is -2.39. The maximum absolute atomic E-state index is 13.6. The van der Waals surface area contributed by atoms with Crippen LogP contribution in [0.2, 0.25) is 0 Å². The third-order valence-corrected chi connectivity index (χ3v) is 7.13. The van der Waals surface area contributed by atoms with Gasteiger partial charge >= 0.3 is 5.69 Å². The first-order valence-corrected chi connectivity index (χ1v) is 12.5. The molecule has 0 aliphatic carbocycles. The minimum absolute atomic E-state index is 0.0252. The van der Waals surface area contributed by atoms with Gasteiger partial charge in [0.05, 0.1) is 43.1 Å². The number of hydrogen-bond acceptors (Lipinski definition) is 9. The number of aryl methyl sites for hydroxylation is 1. The van der Waals surface area contributed by atoms with Crippen molar-refractivity contribution in [3.63, 3.8) is 0 Å². The highest BCUT2D eigenvalue weighted by atomic mass is 32.2. The summed E-state index contributed by atoms with van der Waals surface area (Å²) in [6, 6.07) is 14.8. The average molecular weight is 543 g/mol. The number of sulfonamides is 1. The molecule has 0 aliphatic heterocycles. The van der Waals surface area contributed by atoms with E-state index in [0.717, 1.165) is 9.87 Å². The van der Waals surface area contributed by atoms with Crippen LogP contribution in [0, 0.1) is 17.0 Å². The lowest BCUT2D eigenvalue weighted by atomic mass is 10.2. The molecule has 0 saturated carbocycles. The summed E-state index contributed by atoms with van der Waals surface area (Å²) in [5.74, 6) is -0.0952. The van der Waals surface area contributed by atoms with Crippen LogP contribution in [0.5, 0.6) is 17.2 Å². The predicted octanol–water partition coefficient (Wildman–Crippen LogP) is 3.27. The minimum atomic E-state index is -4.21. The Bertz CT molecular complexity index is 1460. The quantitative estimate of drug-likeness (QED) is 0.220. The average Bonchev–Trinajstić information content (AvgIpc) is 2.91. The van der Waals surface area contributed by atoms with Gasteiger partial charge in [-0.25, -0.2) is 13.8 Å². The van der Waals surface area contributed by atoms with Crippen molar-refractivity contribution >= 4 is 33.5 Å². The van der Waals surface area contributed by atoms with Crippen LogP contribution < -0.4 is 23.9 Å². The van der Waals surface area contributed by atoms with Crippen molar-refractivity contribution in [3.05, 3.63) is 81.9 Å². The number of nitro benzene ring substituents is 1. The fourth-order valence-corrected chi connectivity index (χ4v) is 4.83. The number of carbonyl (C=O) groups excluding carboxylic acids is 1. The van der Waals surface area contributed by atoms with Gasteiger partial charge in [-0.3, -0.25) is 19.2 Å². The summed E-state index contributed by atoms with van der Waals surface area (Å²) in [6.07, 6.45) is 1.19. The molecule has 0 radical (unpaired) electrons. The summed E-state index contributed by atoms with van der Waals surface area (Å²) in [7, 11) is -0.0722. The molecule has 0 aromatic heterocycles. The number of benzene rings is 3. The summed E-state index contributed by atoms with van der Waals surface area (Å²) >= 11 is 0. The van der Waals surface area contributed by atoms with E-state index in [1.807, 2.05) is 6.92 Å². The number of rotatable bonds is 11. The third-order valence-electron chi connectivity index (χ3n) is 5.35. The Hall–Kier alpha value is -4.65. The molecule has 0 bridgehead atoms. The van der Waals surface area contributed by atoms with Gasteiger partial charge in [-0.15, -0.1) is 0 Å². The van der Waals surface area contributed by atoms with Gasteiger partial charge in [0.1, 0.15) is 18.0 Å². The highest BCUT2D eigenvalue weighted by Gasteiger charge is 2.29. The molecule has 1 amide bonds. The number of nitro groups is 1. The second kappa shape index (κ2) is 12.1. The van der Waals surface area contributed by atoms with Crippen molar-refractivity contribution in [2.24, 2.45) is 5.10 Å². The van der Waals surface area contributed by atoms with Crippen molar-refractivity contribution < 1.29 is 32.3 Å². The van der Waals surface area contributed by atoms with E-state index in [9.17, 15) is 23.3 Å². The molecule has 13 heteroatoms. The number of nitrogens with one attached hydrogen (secondary N) is 1. The Morgan fingerprint density at radius 3 is 2.29 bits per heavy atom. The van der Waals surface area contributed by atoms with E-state index in [-0.39, 0.29) is 27.8 Å². The van der Waals surface area contributed by atoms with Crippen molar-refractivity contribution in [3.8, 4) is 17.2 Å². The fourth-order valence-electron chi connectivity index (χ4n) is 3.40. The monoisotopic (exact) mass is 542 g/mol. The molecule has 38 heavy (non-hydrogen) atoms. The number of amides is 1. The third kappa shape index (κ3) is 6.37. The fraction of sp³-hybridized carbons (Fsp3) is 0.200. The van der Waals surface area contributed by atoms with Crippen LogP contribution in [-0.2, 0) is 14.8 Å². The van der Waals surface area contributed by atoms with Crippen LogP contribution in [0.4, 0.5) is 11.4 Å². The van der Waals surface area contributed by atoms with E-state index < -0.39 is 27.4 Å². The summed E-state index contributed by atoms with van der Waals surface area (Å²) in [5, 5.41) is 15.0. The summed E-state index contributed by atoms with van der Waals surface area (Å²) in [5.41, 5.74) is 3.28. The molecule has 0 unspecified atom stereocenters. The number of ether oxygens (including phenoxy) is 3. The molecule has 200 valence electrons. The first kappa shape index (κ1) is 27.9. The molecule has 3 rings (SSSR count). The maximum Gasteiger partial charge on any atom is 0.311 e. The molecule has 0 fully saturated rings. The van der Waals surface area contributed by atoms with Crippen LogP contribution in [0.15, 0.2) is 70.7 Å². The zero-order chi connectivity index (χ0) is 27.9. The Morgan fingerprint density at radius 1 is 1.00 bits per heavy atom.